The van der Waals surface area contributed by atoms with Gasteiger partial charge in [-0.1, -0.05) is 57.9 Å². The molecule has 0 aromatic heterocycles. The molecule has 1 aromatic rings. The van der Waals surface area contributed by atoms with Crippen LogP contribution in [0.1, 0.15) is 74.2 Å². The predicted molar refractivity (Wildman–Crippen MR) is 146 cm³/mol. The highest BCUT2D eigenvalue weighted by molar-refractivity contribution is 5.91. The number of aliphatic hydroxyl groups is 1. The first-order valence-electron chi connectivity index (χ1n) is 14.2. The fraction of sp³-hybridized carbons (Fsp3) is 0.759. The van der Waals surface area contributed by atoms with Crippen molar-refractivity contribution < 1.29 is 43.4 Å². The van der Waals surface area contributed by atoms with Crippen LogP contribution in [0.4, 0.5) is 0 Å². The first-order chi connectivity index (χ1) is 18.7. The molecule has 9 heteroatoms. The normalized spacial score (nSPS) is 11.2. The second-order valence-corrected chi connectivity index (χ2v) is 8.99. The molecule has 1 rings (SSSR count). The van der Waals surface area contributed by atoms with Crippen molar-refractivity contribution >= 4 is 5.97 Å². The lowest BCUT2D eigenvalue weighted by molar-refractivity contribution is -0.0146. The van der Waals surface area contributed by atoms with Crippen LogP contribution in [-0.2, 0) is 30.1 Å². The van der Waals surface area contributed by atoms with E-state index in [1.54, 1.807) is 12.1 Å². The van der Waals surface area contributed by atoms with Crippen LogP contribution in [0.25, 0.3) is 0 Å². The molecule has 220 valence electrons. The second-order valence-electron chi connectivity index (χ2n) is 8.99. The van der Waals surface area contributed by atoms with Crippen molar-refractivity contribution in [2.75, 3.05) is 79.3 Å². The Morgan fingerprint density at radius 2 is 1.13 bits per heavy atom. The monoisotopic (exact) mass is 542 g/mol. The summed E-state index contributed by atoms with van der Waals surface area (Å²) in [7, 11) is 0. The molecule has 0 saturated carbocycles. The average Bonchev–Trinajstić information content (AvgIpc) is 2.92. The lowest BCUT2D eigenvalue weighted by Gasteiger charge is -2.12. The van der Waals surface area contributed by atoms with E-state index in [1.807, 2.05) is 6.07 Å². The number of aromatic carboxylic acids is 1. The molecular weight excluding hydrogens is 492 g/mol. The van der Waals surface area contributed by atoms with E-state index in [0.29, 0.717) is 71.8 Å². The van der Waals surface area contributed by atoms with Gasteiger partial charge in [-0.05, 0) is 30.5 Å². The van der Waals surface area contributed by atoms with Gasteiger partial charge in [0.2, 0.25) is 0 Å². The molecule has 1 aromatic carbocycles. The third-order valence-corrected chi connectivity index (χ3v) is 5.80. The number of aryl methyl sites for hydroxylation is 1. The molecule has 0 unspecified atom stereocenters. The van der Waals surface area contributed by atoms with Gasteiger partial charge in [0.15, 0.2) is 0 Å². The summed E-state index contributed by atoms with van der Waals surface area (Å²) in [5.74, 6) is -0.608. The molecule has 0 amide bonds. The average molecular weight is 543 g/mol. The highest BCUT2D eigenvalue weighted by Gasteiger charge is 2.12. The Kier molecular flexibility index (Phi) is 23.0. The zero-order chi connectivity index (χ0) is 27.5. The van der Waals surface area contributed by atoms with Gasteiger partial charge in [0.1, 0.15) is 17.9 Å². The number of carboxylic acid groups (broad SMARTS) is 1. The van der Waals surface area contributed by atoms with Gasteiger partial charge >= 0.3 is 5.97 Å². The Bertz CT molecular complexity index is 684. The molecule has 0 saturated heterocycles. The molecular formula is C29H50O9. The van der Waals surface area contributed by atoms with Crippen molar-refractivity contribution in [3.63, 3.8) is 0 Å². The molecule has 0 aliphatic rings. The molecule has 9 nitrogen and oxygen atoms in total. The predicted octanol–water partition coefficient (Wildman–Crippen LogP) is 4.52. The molecule has 0 bridgehead atoms. The standard InChI is InChI=1S/C29H50O9/c1-2-3-4-5-6-7-8-9-10-26-11-12-28(27(25-26)29(31)32)38-24-23-37-22-21-36-20-19-35-18-17-34-16-15-33-14-13-30/h11-12,25,30H,2-10,13-24H2,1H3,(H,31,32). The Morgan fingerprint density at radius 1 is 0.658 bits per heavy atom. The first kappa shape index (κ1) is 34.3. The van der Waals surface area contributed by atoms with E-state index in [1.165, 1.54) is 44.9 Å². The van der Waals surface area contributed by atoms with Crippen molar-refractivity contribution in [1.29, 1.82) is 0 Å². The summed E-state index contributed by atoms with van der Waals surface area (Å²) in [5.41, 5.74) is 1.24. The molecule has 0 aliphatic heterocycles. The van der Waals surface area contributed by atoms with Crippen molar-refractivity contribution in [3.8, 4) is 5.75 Å². The van der Waals surface area contributed by atoms with E-state index < -0.39 is 5.97 Å². The van der Waals surface area contributed by atoms with Crippen LogP contribution >= 0.6 is 0 Å². The number of ether oxygens (including phenoxy) is 6. The van der Waals surface area contributed by atoms with Gasteiger partial charge in [-0.3, -0.25) is 0 Å². The third-order valence-electron chi connectivity index (χ3n) is 5.80. The number of hydrogen-bond donors (Lipinski definition) is 2. The second kappa shape index (κ2) is 25.5. The van der Waals surface area contributed by atoms with Crippen molar-refractivity contribution in [2.45, 2.75) is 64.7 Å². The van der Waals surface area contributed by atoms with Gasteiger partial charge in [0.25, 0.3) is 0 Å². The summed E-state index contributed by atoms with van der Waals surface area (Å²) < 4.78 is 32.4. The number of rotatable bonds is 28. The van der Waals surface area contributed by atoms with Crippen LogP contribution in [-0.4, -0.2) is 95.5 Å². The summed E-state index contributed by atoms with van der Waals surface area (Å²) in [5, 5.41) is 18.2. The maximum Gasteiger partial charge on any atom is 0.339 e. The fourth-order valence-corrected chi connectivity index (χ4v) is 3.75. The van der Waals surface area contributed by atoms with E-state index in [0.717, 1.165) is 18.4 Å². The zero-order valence-electron chi connectivity index (χ0n) is 23.3. The molecule has 38 heavy (non-hydrogen) atoms. The minimum Gasteiger partial charge on any atom is -0.490 e. The highest BCUT2D eigenvalue weighted by Crippen LogP contribution is 2.22. The number of carboxylic acids is 1. The minimum atomic E-state index is -0.979. The van der Waals surface area contributed by atoms with E-state index in [4.69, 9.17) is 33.5 Å². The summed E-state index contributed by atoms with van der Waals surface area (Å²) in [4.78, 5) is 11.7. The molecule has 0 spiro atoms. The van der Waals surface area contributed by atoms with Gasteiger partial charge < -0.3 is 38.6 Å². The number of hydrogen-bond acceptors (Lipinski definition) is 8. The van der Waals surface area contributed by atoms with Crippen LogP contribution < -0.4 is 4.74 Å². The molecule has 0 heterocycles. The summed E-state index contributed by atoms with van der Waals surface area (Å²) in [6.45, 7) is 6.89. The summed E-state index contributed by atoms with van der Waals surface area (Å²) in [6, 6.07) is 5.44. The van der Waals surface area contributed by atoms with Gasteiger partial charge in [0.05, 0.1) is 72.7 Å². The molecule has 0 atom stereocenters. The van der Waals surface area contributed by atoms with Crippen molar-refractivity contribution in [2.24, 2.45) is 0 Å². The maximum absolute atomic E-state index is 11.7. The van der Waals surface area contributed by atoms with Crippen molar-refractivity contribution in [3.05, 3.63) is 29.3 Å². The number of unbranched alkanes of at least 4 members (excludes halogenated alkanes) is 7. The van der Waals surface area contributed by atoms with Crippen LogP contribution in [0.5, 0.6) is 5.75 Å². The third kappa shape index (κ3) is 19.3. The van der Waals surface area contributed by atoms with E-state index in [-0.39, 0.29) is 18.8 Å². The Labute approximate surface area is 228 Å². The summed E-state index contributed by atoms with van der Waals surface area (Å²) in [6.07, 6.45) is 10.9. The topological polar surface area (TPSA) is 113 Å². The lowest BCUT2D eigenvalue weighted by atomic mass is 10.0. The SMILES string of the molecule is CCCCCCCCCCc1ccc(OCCOCCOCCOCCOCCOCCO)c(C(=O)O)c1. The Hall–Kier alpha value is -1.75. The minimum absolute atomic E-state index is 0.0173. The largest absolute Gasteiger partial charge is 0.490 e. The smallest absolute Gasteiger partial charge is 0.339 e. The van der Waals surface area contributed by atoms with Crippen LogP contribution in [0.3, 0.4) is 0 Å². The lowest BCUT2D eigenvalue weighted by Crippen LogP contribution is -2.15. The van der Waals surface area contributed by atoms with E-state index >= 15 is 0 Å². The molecule has 2 N–H and O–H groups in total. The Morgan fingerprint density at radius 3 is 1.63 bits per heavy atom. The quantitative estimate of drug-likeness (QED) is 0.148. The van der Waals surface area contributed by atoms with E-state index in [2.05, 4.69) is 6.92 Å². The van der Waals surface area contributed by atoms with Crippen LogP contribution in [0, 0.1) is 0 Å². The molecule has 0 aliphatic carbocycles. The first-order valence-corrected chi connectivity index (χ1v) is 14.2. The van der Waals surface area contributed by atoms with E-state index in [9.17, 15) is 9.90 Å². The highest BCUT2D eigenvalue weighted by atomic mass is 16.6. The zero-order valence-corrected chi connectivity index (χ0v) is 23.3. The van der Waals surface area contributed by atoms with Gasteiger partial charge in [-0.25, -0.2) is 4.79 Å². The number of aliphatic hydroxyl groups excluding tert-OH is 1. The summed E-state index contributed by atoms with van der Waals surface area (Å²) >= 11 is 0. The maximum atomic E-state index is 11.7. The van der Waals surface area contributed by atoms with Gasteiger partial charge in [0, 0.05) is 0 Å². The fourth-order valence-electron chi connectivity index (χ4n) is 3.75. The number of benzene rings is 1. The van der Waals surface area contributed by atoms with Gasteiger partial charge in [-0.15, -0.1) is 0 Å². The number of carbonyl (C=O) groups is 1. The van der Waals surface area contributed by atoms with Gasteiger partial charge in [-0.2, -0.15) is 0 Å². The van der Waals surface area contributed by atoms with Crippen LogP contribution in [0.2, 0.25) is 0 Å². The van der Waals surface area contributed by atoms with Crippen molar-refractivity contribution in [1.82, 2.24) is 0 Å². The molecule has 0 radical (unpaired) electrons. The van der Waals surface area contributed by atoms with Crippen LogP contribution in [0.15, 0.2) is 18.2 Å². The Balaban J connectivity index is 2.04. The molecule has 0 fully saturated rings.